The predicted octanol–water partition coefficient (Wildman–Crippen LogP) is 11.3. The first kappa shape index (κ1) is 21.6. The Labute approximate surface area is 235 Å². The van der Waals surface area contributed by atoms with Gasteiger partial charge in [-0.25, -0.2) is 0 Å². The van der Waals surface area contributed by atoms with E-state index in [0.29, 0.717) is 0 Å². The van der Waals surface area contributed by atoms with Gasteiger partial charge in [-0.1, -0.05) is 80.4 Å². The van der Waals surface area contributed by atoms with E-state index in [9.17, 15) is 0 Å². The molecule has 0 aliphatic carbocycles. The van der Waals surface area contributed by atoms with Crippen LogP contribution in [0.25, 0.3) is 75.8 Å². The molecule has 0 unspecified atom stereocenters. The van der Waals surface area contributed by atoms with Crippen LogP contribution in [0, 0.1) is 0 Å². The summed E-state index contributed by atoms with van der Waals surface area (Å²) in [6.07, 6.45) is 0. The summed E-state index contributed by atoms with van der Waals surface area (Å²) in [6.45, 7) is 0. The third kappa shape index (κ3) is 2.84. The van der Waals surface area contributed by atoms with Gasteiger partial charge in [0.25, 0.3) is 0 Å². The van der Waals surface area contributed by atoms with Crippen LogP contribution in [-0.2, 0) is 0 Å². The molecule has 0 saturated carbocycles. The minimum atomic E-state index is 0.968. The summed E-state index contributed by atoms with van der Waals surface area (Å²) < 4.78 is 2.19. The van der Waals surface area contributed by atoms with Gasteiger partial charge in [0.05, 0.1) is 0 Å². The van der Waals surface area contributed by atoms with E-state index >= 15 is 0 Å². The van der Waals surface area contributed by atoms with Gasteiger partial charge in [0, 0.05) is 29.9 Å². The first-order valence-corrected chi connectivity index (χ1v) is 14.2. The molecular weight excluding hydrogens is 608 g/mol. The lowest BCUT2D eigenvalue weighted by molar-refractivity contribution is 1.46. The molecule has 0 bridgehead atoms. The number of hydrogen-bond acceptors (Lipinski definition) is 2. The molecular formula is C32H16Br2S2. The molecule has 0 radical (unpaired) electrons. The number of hydrogen-bond donors (Lipinski definition) is 2. The molecule has 0 spiro atoms. The SMILES string of the molecule is Sc1cc2ccc3cc(Br)cc4ccc(c1-c1c(S)cc5ccc6cc(Br)cc7ccc1c5c67)c2c34. The zero-order valence-electron chi connectivity index (χ0n) is 18.7. The van der Waals surface area contributed by atoms with Gasteiger partial charge in [-0.05, 0) is 101 Å². The van der Waals surface area contributed by atoms with Crippen molar-refractivity contribution in [2.75, 3.05) is 0 Å². The maximum Gasteiger partial charge on any atom is 0.0187 e. The average Bonchev–Trinajstić information content (AvgIpc) is 2.85. The Kier molecular flexibility index (Phi) is 4.50. The Balaban J connectivity index is 1.59. The summed E-state index contributed by atoms with van der Waals surface area (Å²) >= 11 is 17.5. The topological polar surface area (TPSA) is 0 Å². The van der Waals surface area contributed by atoms with Crippen LogP contribution in [0.5, 0.6) is 0 Å². The number of rotatable bonds is 1. The van der Waals surface area contributed by atoms with Gasteiger partial charge in [0.15, 0.2) is 0 Å². The van der Waals surface area contributed by atoms with E-state index in [4.69, 9.17) is 25.3 Å². The smallest absolute Gasteiger partial charge is 0.0187 e. The fourth-order valence-electron chi connectivity index (χ4n) is 6.21. The molecule has 0 aliphatic rings. The average molecular weight is 624 g/mol. The highest BCUT2D eigenvalue weighted by Crippen LogP contribution is 2.49. The van der Waals surface area contributed by atoms with E-state index in [1.165, 1.54) is 64.6 Å². The lowest BCUT2D eigenvalue weighted by atomic mass is 9.86. The van der Waals surface area contributed by atoms with Crippen LogP contribution in [-0.4, -0.2) is 0 Å². The molecule has 36 heavy (non-hydrogen) atoms. The molecule has 4 heteroatoms. The van der Waals surface area contributed by atoms with Crippen LogP contribution in [0.3, 0.4) is 0 Å². The largest absolute Gasteiger partial charge is 0.143 e. The standard InChI is InChI=1S/C32H16Br2S2/c33-21-9-15-1-3-19-13-25(35)31(23-7-5-17(11-21)27(15)29(19)23)32-24-8-6-18-12-22(34)10-16-2-4-20(14-26(32)36)30(24)28(16)18/h1-14,35-36H. The third-order valence-corrected chi connectivity index (χ3v) is 9.19. The first-order valence-electron chi connectivity index (χ1n) is 11.7. The van der Waals surface area contributed by atoms with Gasteiger partial charge >= 0.3 is 0 Å². The van der Waals surface area contributed by atoms with Crippen molar-refractivity contribution in [2.45, 2.75) is 9.79 Å². The lowest BCUT2D eigenvalue weighted by Gasteiger charge is -2.20. The van der Waals surface area contributed by atoms with Crippen molar-refractivity contribution in [3.8, 4) is 11.1 Å². The third-order valence-electron chi connectivity index (χ3n) is 7.57. The van der Waals surface area contributed by atoms with Crippen molar-refractivity contribution >= 4 is 122 Å². The van der Waals surface area contributed by atoms with E-state index < -0.39 is 0 Å². The van der Waals surface area contributed by atoms with Crippen LogP contribution in [0.4, 0.5) is 0 Å². The molecule has 0 amide bonds. The van der Waals surface area contributed by atoms with Gasteiger partial charge in [-0.15, -0.1) is 25.3 Å². The Morgan fingerprint density at radius 3 is 1.06 bits per heavy atom. The van der Waals surface area contributed by atoms with E-state index in [0.717, 1.165) is 29.9 Å². The second-order valence-electron chi connectivity index (χ2n) is 9.55. The molecule has 8 aromatic rings. The molecule has 8 aromatic carbocycles. The van der Waals surface area contributed by atoms with Gasteiger partial charge in [-0.3, -0.25) is 0 Å². The Hall–Kier alpha value is -2.50. The van der Waals surface area contributed by atoms with Crippen molar-refractivity contribution in [1.29, 1.82) is 0 Å². The summed E-state index contributed by atoms with van der Waals surface area (Å²) in [5.41, 5.74) is 2.29. The van der Waals surface area contributed by atoms with E-state index in [-0.39, 0.29) is 0 Å². The predicted molar refractivity (Wildman–Crippen MR) is 169 cm³/mol. The van der Waals surface area contributed by atoms with Crippen molar-refractivity contribution in [3.63, 3.8) is 0 Å². The van der Waals surface area contributed by atoms with E-state index in [1.54, 1.807) is 0 Å². The van der Waals surface area contributed by atoms with Crippen molar-refractivity contribution in [1.82, 2.24) is 0 Å². The zero-order valence-corrected chi connectivity index (χ0v) is 23.7. The second kappa shape index (κ2) is 7.52. The summed E-state index contributed by atoms with van der Waals surface area (Å²) in [5, 5.41) is 15.0. The van der Waals surface area contributed by atoms with Gasteiger partial charge in [0.1, 0.15) is 0 Å². The first-order chi connectivity index (χ1) is 17.5. The molecule has 0 heterocycles. The normalized spacial score (nSPS) is 12.4. The Morgan fingerprint density at radius 2 is 0.694 bits per heavy atom. The lowest BCUT2D eigenvalue weighted by Crippen LogP contribution is -1.93. The Morgan fingerprint density at radius 1 is 0.389 bits per heavy atom. The van der Waals surface area contributed by atoms with Gasteiger partial charge < -0.3 is 0 Å². The summed E-state index contributed by atoms with van der Waals surface area (Å²) in [7, 11) is 0. The van der Waals surface area contributed by atoms with Crippen LogP contribution < -0.4 is 0 Å². The summed E-state index contributed by atoms with van der Waals surface area (Å²) in [5.74, 6) is 0. The van der Waals surface area contributed by atoms with Crippen molar-refractivity contribution < 1.29 is 0 Å². The zero-order chi connectivity index (χ0) is 24.3. The van der Waals surface area contributed by atoms with Crippen LogP contribution in [0.15, 0.2) is 104 Å². The molecule has 0 saturated heterocycles. The molecule has 0 fully saturated rings. The Bertz CT molecular complexity index is 2000. The fraction of sp³-hybridized carbons (Fsp3) is 0. The van der Waals surface area contributed by atoms with Crippen LogP contribution in [0.2, 0.25) is 0 Å². The molecule has 170 valence electrons. The molecule has 0 nitrogen and oxygen atoms in total. The van der Waals surface area contributed by atoms with E-state index in [1.807, 2.05) is 0 Å². The maximum atomic E-state index is 5.06. The summed E-state index contributed by atoms with van der Waals surface area (Å²) in [6, 6.07) is 31.1. The number of benzene rings is 8. The molecule has 0 N–H and O–H groups in total. The highest BCUT2D eigenvalue weighted by molar-refractivity contribution is 9.10. The highest BCUT2D eigenvalue weighted by Gasteiger charge is 2.21. The number of thiol groups is 2. The monoisotopic (exact) mass is 622 g/mol. The molecule has 0 aliphatic heterocycles. The molecule has 0 aromatic heterocycles. The fourth-order valence-corrected chi connectivity index (χ4v) is 7.94. The molecule has 0 atom stereocenters. The summed E-state index contributed by atoms with van der Waals surface area (Å²) in [4.78, 5) is 1.94. The highest BCUT2D eigenvalue weighted by atomic mass is 79.9. The van der Waals surface area contributed by atoms with Crippen LogP contribution >= 0.6 is 57.1 Å². The second-order valence-corrected chi connectivity index (χ2v) is 12.3. The minimum absolute atomic E-state index is 0.968. The van der Waals surface area contributed by atoms with Crippen LogP contribution in [0.1, 0.15) is 0 Å². The van der Waals surface area contributed by atoms with Crippen molar-refractivity contribution in [3.05, 3.63) is 93.9 Å². The van der Waals surface area contributed by atoms with E-state index in [2.05, 4.69) is 117 Å². The number of halogens is 2. The quantitative estimate of drug-likeness (QED) is 0.132. The minimum Gasteiger partial charge on any atom is -0.143 e. The molecule has 8 rings (SSSR count). The maximum absolute atomic E-state index is 5.06. The van der Waals surface area contributed by atoms with Gasteiger partial charge in [0.2, 0.25) is 0 Å². The van der Waals surface area contributed by atoms with Crippen molar-refractivity contribution in [2.24, 2.45) is 0 Å². The van der Waals surface area contributed by atoms with Gasteiger partial charge in [-0.2, -0.15) is 0 Å².